The molecule has 0 saturated carbocycles. The number of likely N-dealkylation sites (tertiary alicyclic amines) is 1. The predicted octanol–water partition coefficient (Wildman–Crippen LogP) is 6.55. The number of carbonyl (C=O) groups excluding carboxylic acids is 2. The van der Waals surface area contributed by atoms with Crippen LogP contribution in [0.4, 0.5) is 41.7 Å². The van der Waals surface area contributed by atoms with Crippen LogP contribution in [-0.4, -0.2) is 125 Å². The van der Waals surface area contributed by atoms with Gasteiger partial charge in [0.25, 0.3) is 0 Å². The van der Waals surface area contributed by atoms with Crippen LogP contribution in [-0.2, 0) is 11.2 Å². The van der Waals surface area contributed by atoms with Crippen LogP contribution in [0.3, 0.4) is 0 Å². The summed E-state index contributed by atoms with van der Waals surface area (Å²) in [5, 5.41) is 3.39. The van der Waals surface area contributed by atoms with E-state index >= 15 is 13.2 Å². The molecule has 12 nitrogen and oxygen atoms in total. The second-order valence-corrected chi connectivity index (χ2v) is 16.4. The zero-order valence-electron chi connectivity index (χ0n) is 31.6. The van der Waals surface area contributed by atoms with Crippen LogP contribution in [0.25, 0.3) is 32.9 Å². The predicted molar refractivity (Wildman–Crippen MR) is 199 cm³/mol. The largest absolute Gasteiger partial charge is 0.461 e. The van der Waals surface area contributed by atoms with Crippen molar-refractivity contribution in [3.63, 3.8) is 0 Å². The van der Waals surface area contributed by atoms with E-state index < -0.39 is 72.7 Å². The Labute approximate surface area is 328 Å². The number of nitrogens with one attached hydrogen (secondary N) is 1. The van der Waals surface area contributed by atoms with Gasteiger partial charge in [0.2, 0.25) is 0 Å². The standard InChI is InChI=1S/C40H41F6N7O5/c1-39-12-22(41)15-52(19-39)35-27-14-47-33(32(46)34(27)48-36(49-35)57-20-40-7-3-8-53(40)16-23(42)13-40)26-11-24(58-38(55)51-17-29(44)30(45)18-51)10-21-5-6-28(43)25(31(21)26)4-2-9-56-37(54)50-39/h5-6,10-11,14,22-23,29-30H,2-4,7-9,12-13,15-20H2,1H3,(H,50,54)/t22-,23-,29-,30+,39-,40+/m1/s1. The molecule has 4 saturated heterocycles. The highest BCUT2D eigenvalue weighted by Crippen LogP contribution is 2.43. The topological polar surface area (TPSA) is 122 Å². The van der Waals surface area contributed by atoms with Crippen LogP contribution in [0.2, 0.25) is 0 Å². The number of hydrogen-bond donors (Lipinski definition) is 1. The summed E-state index contributed by atoms with van der Waals surface area (Å²) >= 11 is 0. The highest BCUT2D eigenvalue weighted by atomic mass is 19.2. The Hall–Kier alpha value is -5.13. The van der Waals surface area contributed by atoms with Crippen LogP contribution in [0.1, 0.15) is 44.6 Å². The maximum absolute atomic E-state index is 17.5. The number of hydrogen-bond acceptors (Lipinski definition) is 10. The molecule has 6 atom stereocenters. The van der Waals surface area contributed by atoms with Crippen LogP contribution in [0.15, 0.2) is 30.5 Å². The first-order chi connectivity index (χ1) is 27.8. The smallest absolute Gasteiger partial charge is 0.415 e. The molecule has 6 aliphatic rings. The van der Waals surface area contributed by atoms with E-state index in [1.165, 1.54) is 30.5 Å². The number of nitrogens with zero attached hydrogens (tertiary/aromatic N) is 6. The van der Waals surface area contributed by atoms with Crippen molar-refractivity contribution in [1.82, 2.24) is 30.1 Å². The number of benzene rings is 2. The monoisotopic (exact) mass is 813 g/mol. The van der Waals surface area contributed by atoms with Crippen molar-refractivity contribution in [3.8, 4) is 23.0 Å². The van der Waals surface area contributed by atoms with E-state index in [1.807, 2.05) is 4.90 Å². The van der Waals surface area contributed by atoms with Crippen molar-refractivity contribution in [3.05, 3.63) is 47.7 Å². The Balaban J connectivity index is 1.21. The zero-order chi connectivity index (χ0) is 40.5. The number of alkyl halides is 4. The summed E-state index contributed by atoms with van der Waals surface area (Å²) in [6.45, 7) is 1.33. The van der Waals surface area contributed by atoms with E-state index in [-0.39, 0.29) is 109 Å². The van der Waals surface area contributed by atoms with E-state index in [0.717, 1.165) is 11.3 Å². The number of rotatable bonds is 4. The van der Waals surface area contributed by atoms with Gasteiger partial charge in [0.15, 0.2) is 18.2 Å². The Morgan fingerprint density at radius 1 is 1.02 bits per heavy atom. The van der Waals surface area contributed by atoms with Crippen molar-refractivity contribution < 1.29 is 50.1 Å². The molecule has 8 heterocycles. The van der Waals surface area contributed by atoms with Crippen molar-refractivity contribution >= 4 is 39.7 Å². The number of pyridine rings is 1. The van der Waals surface area contributed by atoms with Gasteiger partial charge >= 0.3 is 18.2 Å². The fraction of sp³-hybridized carbons (Fsp3) is 0.525. The molecule has 2 amide bonds. The fourth-order valence-electron chi connectivity index (χ4n) is 9.47. The van der Waals surface area contributed by atoms with Gasteiger partial charge in [-0.1, -0.05) is 6.07 Å². The first-order valence-electron chi connectivity index (χ1n) is 19.5. The van der Waals surface area contributed by atoms with Gasteiger partial charge in [0, 0.05) is 37.7 Å². The van der Waals surface area contributed by atoms with E-state index in [9.17, 15) is 22.8 Å². The van der Waals surface area contributed by atoms with Crippen molar-refractivity contribution in [1.29, 1.82) is 0 Å². The van der Waals surface area contributed by atoms with E-state index in [2.05, 4.69) is 20.3 Å². The first kappa shape index (κ1) is 38.4. The lowest BCUT2D eigenvalue weighted by Crippen LogP contribution is -2.60. The highest BCUT2D eigenvalue weighted by Gasteiger charge is 2.49. The van der Waals surface area contributed by atoms with Crippen molar-refractivity contribution in [2.75, 3.05) is 57.4 Å². The Bertz CT molecular complexity index is 2300. The van der Waals surface area contributed by atoms with Gasteiger partial charge in [-0.2, -0.15) is 9.97 Å². The van der Waals surface area contributed by atoms with Gasteiger partial charge in [0.1, 0.15) is 47.5 Å². The molecular weight excluding hydrogens is 772 g/mol. The second kappa shape index (κ2) is 14.6. The summed E-state index contributed by atoms with van der Waals surface area (Å²) in [6.07, 6.45) is -4.92. The van der Waals surface area contributed by atoms with E-state index in [0.29, 0.717) is 18.4 Å². The molecule has 0 unspecified atom stereocenters. The summed E-state index contributed by atoms with van der Waals surface area (Å²) in [5.74, 6) is -1.68. The summed E-state index contributed by atoms with van der Waals surface area (Å²) in [5.41, 5.74) is -2.22. The lowest BCUT2D eigenvalue weighted by atomic mass is 9.90. The minimum Gasteiger partial charge on any atom is -0.461 e. The number of amides is 2. The van der Waals surface area contributed by atoms with E-state index in [1.54, 1.807) is 11.8 Å². The third kappa shape index (κ3) is 6.96. The molecule has 0 radical (unpaired) electrons. The normalized spacial score (nSPS) is 28.8. The lowest BCUT2D eigenvalue weighted by molar-refractivity contribution is 0.107. The molecular formula is C40H41F6N7O5. The average Bonchev–Trinajstić information content (AvgIpc) is 3.82. The molecule has 1 N–H and O–H groups in total. The number of aryl methyl sites for hydroxylation is 1. The molecule has 0 spiro atoms. The molecule has 308 valence electrons. The number of alkyl carbamates (subject to hydrolysis) is 1. The molecule has 0 aliphatic carbocycles. The van der Waals surface area contributed by atoms with Crippen LogP contribution in [0, 0.1) is 11.6 Å². The lowest BCUT2D eigenvalue weighted by Gasteiger charge is -2.42. The Morgan fingerprint density at radius 3 is 2.62 bits per heavy atom. The van der Waals surface area contributed by atoms with Crippen molar-refractivity contribution in [2.45, 2.75) is 81.2 Å². The number of ether oxygens (including phenoxy) is 3. The summed E-state index contributed by atoms with van der Waals surface area (Å²) in [6, 6.07) is 5.07. The minimum atomic E-state index is -1.88. The van der Waals surface area contributed by atoms with Crippen LogP contribution >= 0.6 is 0 Å². The maximum atomic E-state index is 17.5. The second-order valence-electron chi connectivity index (χ2n) is 16.4. The highest BCUT2D eigenvalue weighted by molar-refractivity contribution is 6.02. The molecule has 2 aromatic heterocycles. The summed E-state index contributed by atoms with van der Waals surface area (Å²) < 4.78 is 109. The number of piperidine rings is 1. The number of carbonyl (C=O) groups is 2. The average molecular weight is 814 g/mol. The van der Waals surface area contributed by atoms with E-state index in [4.69, 9.17) is 14.2 Å². The van der Waals surface area contributed by atoms with Crippen LogP contribution in [0.5, 0.6) is 11.8 Å². The van der Waals surface area contributed by atoms with Gasteiger partial charge in [-0.25, -0.2) is 35.9 Å². The molecule has 6 bridgehead atoms. The number of fused-ring (bicyclic) bond motifs is 7. The summed E-state index contributed by atoms with van der Waals surface area (Å²) in [7, 11) is 0. The Morgan fingerprint density at radius 2 is 1.81 bits per heavy atom. The third-order valence-electron chi connectivity index (χ3n) is 12.1. The molecule has 58 heavy (non-hydrogen) atoms. The minimum absolute atomic E-state index is 0.00256. The quantitative estimate of drug-likeness (QED) is 0.227. The Kier molecular flexibility index (Phi) is 9.67. The number of halogens is 6. The fourth-order valence-corrected chi connectivity index (χ4v) is 9.47. The zero-order valence-corrected chi connectivity index (χ0v) is 31.6. The molecule has 6 aliphatic heterocycles. The molecule has 10 rings (SSSR count). The molecule has 18 heteroatoms. The summed E-state index contributed by atoms with van der Waals surface area (Å²) in [4.78, 5) is 44.3. The SMILES string of the molecule is C[C@@]12C[C@@H](F)CN(C1)c1nc(OC[C@@]34CCCN3C[C@H](F)C4)nc3c(F)c(ncc13)-c1cc(OC(=O)N3C[C@@H](F)[C@@H](F)C3)cc3ccc(F)c(c13)CCCOC(=O)N2. The number of anilines is 1. The van der Waals surface area contributed by atoms with Gasteiger partial charge in [-0.05, 0) is 73.7 Å². The van der Waals surface area contributed by atoms with Gasteiger partial charge < -0.3 is 29.3 Å². The van der Waals surface area contributed by atoms with Crippen molar-refractivity contribution in [2.24, 2.45) is 0 Å². The van der Waals surface area contributed by atoms with Gasteiger partial charge in [-0.3, -0.25) is 9.88 Å². The number of aromatic nitrogens is 3. The maximum Gasteiger partial charge on any atom is 0.415 e. The molecule has 4 fully saturated rings. The van der Waals surface area contributed by atoms with Gasteiger partial charge in [0.05, 0.1) is 42.7 Å². The van der Waals surface area contributed by atoms with Gasteiger partial charge in [-0.15, -0.1) is 0 Å². The molecule has 4 aromatic rings. The molecule has 2 aromatic carbocycles. The van der Waals surface area contributed by atoms with Crippen LogP contribution < -0.4 is 19.7 Å². The first-order valence-corrected chi connectivity index (χ1v) is 19.5. The third-order valence-corrected chi connectivity index (χ3v) is 12.1.